The van der Waals surface area contributed by atoms with Gasteiger partial charge in [-0.2, -0.15) is 0 Å². The van der Waals surface area contributed by atoms with E-state index in [-0.39, 0.29) is 0 Å². The van der Waals surface area contributed by atoms with E-state index < -0.39 is 0 Å². The van der Waals surface area contributed by atoms with E-state index in [1.807, 2.05) is 6.08 Å². The van der Waals surface area contributed by atoms with Crippen LogP contribution in [-0.4, -0.2) is 25.3 Å². The highest BCUT2D eigenvalue weighted by Gasteiger charge is 2.22. The van der Waals surface area contributed by atoms with E-state index in [2.05, 4.69) is 18.8 Å². The molecule has 0 aromatic heterocycles. The lowest BCUT2D eigenvalue weighted by atomic mass is 10.1. The van der Waals surface area contributed by atoms with Gasteiger partial charge in [-0.15, -0.1) is 6.58 Å². The van der Waals surface area contributed by atoms with Crippen molar-refractivity contribution < 1.29 is 4.74 Å². The maximum absolute atomic E-state index is 5.52. The molecule has 1 aliphatic rings. The third-order valence-corrected chi connectivity index (χ3v) is 2.06. The molecule has 1 rings (SSSR count). The third-order valence-electron chi connectivity index (χ3n) is 2.06. The number of nitrogens with one attached hydrogen (secondary N) is 1. The van der Waals surface area contributed by atoms with Gasteiger partial charge in [-0.3, -0.25) is 0 Å². The molecule has 0 bridgehead atoms. The summed E-state index contributed by atoms with van der Waals surface area (Å²) >= 11 is 0. The maximum atomic E-state index is 5.52. The minimum Gasteiger partial charge on any atom is -0.376 e. The van der Waals surface area contributed by atoms with Crippen LogP contribution in [0.4, 0.5) is 0 Å². The fourth-order valence-electron chi connectivity index (χ4n) is 1.49. The summed E-state index contributed by atoms with van der Waals surface area (Å²) in [6, 6.07) is 0.350. The van der Waals surface area contributed by atoms with Gasteiger partial charge in [0, 0.05) is 6.61 Å². The van der Waals surface area contributed by atoms with Gasteiger partial charge in [0.05, 0.1) is 12.1 Å². The number of ether oxygens (including phenoxy) is 1. The van der Waals surface area contributed by atoms with Crippen molar-refractivity contribution in [1.29, 1.82) is 0 Å². The highest BCUT2D eigenvalue weighted by molar-refractivity contribution is 4.93. The smallest absolute Gasteiger partial charge is 0.0764 e. The minimum atomic E-state index is 0.350. The number of likely N-dealkylation sites (N-methyl/N-ethyl adjacent to an activating group) is 1. The molecule has 1 aliphatic heterocycles. The number of hydrogen-bond acceptors (Lipinski definition) is 2. The van der Waals surface area contributed by atoms with Gasteiger partial charge in [-0.25, -0.2) is 0 Å². The SMILES string of the molecule is C=CC(NCC)C1CCCO1. The second kappa shape index (κ2) is 4.52. The van der Waals surface area contributed by atoms with E-state index in [9.17, 15) is 0 Å². The fourth-order valence-corrected chi connectivity index (χ4v) is 1.49. The summed E-state index contributed by atoms with van der Waals surface area (Å²) in [6.07, 6.45) is 4.68. The van der Waals surface area contributed by atoms with E-state index in [1.165, 1.54) is 12.8 Å². The summed E-state index contributed by atoms with van der Waals surface area (Å²) in [7, 11) is 0. The van der Waals surface area contributed by atoms with Gasteiger partial charge < -0.3 is 10.1 Å². The van der Waals surface area contributed by atoms with Crippen molar-refractivity contribution in [2.24, 2.45) is 0 Å². The van der Waals surface area contributed by atoms with Gasteiger partial charge in [0.25, 0.3) is 0 Å². The first-order valence-corrected chi connectivity index (χ1v) is 4.36. The van der Waals surface area contributed by atoms with Crippen molar-refractivity contribution in [3.63, 3.8) is 0 Å². The van der Waals surface area contributed by atoms with Crippen molar-refractivity contribution in [1.82, 2.24) is 5.32 Å². The molecule has 2 atom stereocenters. The summed E-state index contributed by atoms with van der Waals surface area (Å²) in [6.45, 7) is 7.78. The highest BCUT2D eigenvalue weighted by Crippen LogP contribution is 2.15. The molecule has 1 saturated heterocycles. The molecule has 2 heteroatoms. The van der Waals surface area contributed by atoms with Gasteiger partial charge in [-0.1, -0.05) is 13.0 Å². The topological polar surface area (TPSA) is 21.3 Å². The van der Waals surface area contributed by atoms with Crippen molar-refractivity contribution >= 4 is 0 Å². The molecule has 0 aromatic rings. The Morgan fingerprint density at radius 1 is 1.82 bits per heavy atom. The molecule has 0 aromatic carbocycles. The molecule has 2 nitrogen and oxygen atoms in total. The first kappa shape index (κ1) is 8.75. The van der Waals surface area contributed by atoms with Crippen LogP contribution in [0.1, 0.15) is 19.8 Å². The normalized spacial score (nSPS) is 26.8. The van der Waals surface area contributed by atoms with Gasteiger partial charge in [-0.05, 0) is 19.4 Å². The van der Waals surface area contributed by atoms with Crippen molar-refractivity contribution in [3.05, 3.63) is 12.7 Å². The predicted octanol–water partition coefficient (Wildman–Crippen LogP) is 1.33. The second-order valence-electron chi connectivity index (χ2n) is 2.87. The van der Waals surface area contributed by atoms with E-state index in [0.717, 1.165) is 13.2 Å². The molecule has 0 radical (unpaired) electrons. The van der Waals surface area contributed by atoms with Crippen LogP contribution in [0.25, 0.3) is 0 Å². The van der Waals surface area contributed by atoms with Crippen LogP contribution in [0.3, 0.4) is 0 Å². The number of rotatable bonds is 4. The van der Waals surface area contributed by atoms with E-state index in [4.69, 9.17) is 4.74 Å². The van der Waals surface area contributed by atoms with Crippen LogP contribution >= 0.6 is 0 Å². The largest absolute Gasteiger partial charge is 0.376 e. The zero-order valence-electron chi connectivity index (χ0n) is 7.18. The molecule has 0 aliphatic carbocycles. The molecule has 0 spiro atoms. The molecule has 64 valence electrons. The Labute approximate surface area is 68.6 Å². The maximum Gasteiger partial charge on any atom is 0.0764 e. The van der Waals surface area contributed by atoms with Crippen LogP contribution in [0.2, 0.25) is 0 Å². The Balaban J connectivity index is 2.33. The average Bonchev–Trinajstić information content (AvgIpc) is 2.52. The van der Waals surface area contributed by atoms with Crippen molar-refractivity contribution in [2.45, 2.75) is 31.9 Å². The van der Waals surface area contributed by atoms with Gasteiger partial charge in [0.1, 0.15) is 0 Å². The van der Waals surface area contributed by atoms with E-state index >= 15 is 0 Å². The molecule has 11 heavy (non-hydrogen) atoms. The second-order valence-corrected chi connectivity index (χ2v) is 2.87. The van der Waals surface area contributed by atoms with Crippen molar-refractivity contribution in [2.75, 3.05) is 13.2 Å². The third kappa shape index (κ3) is 2.31. The lowest BCUT2D eigenvalue weighted by Gasteiger charge is -2.19. The van der Waals surface area contributed by atoms with Crippen LogP contribution in [0.15, 0.2) is 12.7 Å². The molecule has 0 saturated carbocycles. The molecule has 1 N–H and O–H groups in total. The van der Waals surface area contributed by atoms with Crippen LogP contribution in [0, 0.1) is 0 Å². The monoisotopic (exact) mass is 155 g/mol. The molecule has 1 heterocycles. The quantitative estimate of drug-likeness (QED) is 0.618. The standard InChI is InChI=1S/C9H17NO/c1-3-8(10-4-2)9-6-5-7-11-9/h3,8-10H,1,4-7H2,2H3. The molecular formula is C9H17NO. The zero-order chi connectivity index (χ0) is 8.10. The van der Waals surface area contributed by atoms with E-state index in [0.29, 0.717) is 12.1 Å². The zero-order valence-corrected chi connectivity index (χ0v) is 7.18. The Morgan fingerprint density at radius 2 is 2.64 bits per heavy atom. The first-order valence-electron chi connectivity index (χ1n) is 4.36. The Bertz CT molecular complexity index is 119. The molecule has 2 unspecified atom stereocenters. The fraction of sp³-hybridized carbons (Fsp3) is 0.778. The van der Waals surface area contributed by atoms with Gasteiger partial charge >= 0.3 is 0 Å². The van der Waals surface area contributed by atoms with Crippen LogP contribution in [-0.2, 0) is 4.74 Å². The Morgan fingerprint density at radius 3 is 3.09 bits per heavy atom. The lowest BCUT2D eigenvalue weighted by Crippen LogP contribution is -2.37. The minimum absolute atomic E-state index is 0.350. The molecule has 0 amide bonds. The summed E-state index contributed by atoms with van der Waals surface area (Å²) in [5, 5.41) is 3.33. The van der Waals surface area contributed by atoms with Crippen LogP contribution < -0.4 is 5.32 Å². The highest BCUT2D eigenvalue weighted by atomic mass is 16.5. The summed E-state index contributed by atoms with van der Waals surface area (Å²) in [4.78, 5) is 0. The average molecular weight is 155 g/mol. The summed E-state index contributed by atoms with van der Waals surface area (Å²) < 4.78 is 5.52. The predicted molar refractivity (Wildman–Crippen MR) is 46.6 cm³/mol. The van der Waals surface area contributed by atoms with Gasteiger partial charge in [0.15, 0.2) is 0 Å². The first-order chi connectivity index (χ1) is 5.38. The molecule has 1 fully saturated rings. The number of hydrogen-bond donors (Lipinski definition) is 1. The summed E-state index contributed by atoms with van der Waals surface area (Å²) in [5.41, 5.74) is 0. The Hall–Kier alpha value is -0.340. The van der Waals surface area contributed by atoms with E-state index in [1.54, 1.807) is 0 Å². The van der Waals surface area contributed by atoms with Crippen molar-refractivity contribution in [3.8, 4) is 0 Å². The lowest BCUT2D eigenvalue weighted by molar-refractivity contribution is 0.0920. The van der Waals surface area contributed by atoms with Crippen LogP contribution in [0.5, 0.6) is 0 Å². The van der Waals surface area contributed by atoms with Gasteiger partial charge in [0.2, 0.25) is 0 Å². The Kier molecular flexibility index (Phi) is 3.60. The summed E-state index contributed by atoms with van der Waals surface area (Å²) in [5.74, 6) is 0. The molecular weight excluding hydrogens is 138 g/mol.